The molecular formula is C15H11ClN2O. The van der Waals surface area contributed by atoms with Crippen LogP contribution in [0.15, 0.2) is 48.5 Å². The van der Waals surface area contributed by atoms with Crippen LogP contribution in [0, 0.1) is 11.3 Å². The van der Waals surface area contributed by atoms with E-state index in [2.05, 4.69) is 6.07 Å². The van der Waals surface area contributed by atoms with Crippen molar-refractivity contribution in [2.45, 2.75) is 0 Å². The Morgan fingerprint density at radius 3 is 2.42 bits per heavy atom. The number of halogens is 1. The molecule has 0 saturated carbocycles. The summed E-state index contributed by atoms with van der Waals surface area (Å²) in [6.07, 6.45) is 0. The van der Waals surface area contributed by atoms with Gasteiger partial charge in [0.2, 0.25) is 0 Å². The molecule has 0 spiro atoms. The molecule has 0 unspecified atom stereocenters. The zero-order valence-corrected chi connectivity index (χ0v) is 11.1. The van der Waals surface area contributed by atoms with E-state index in [1.54, 1.807) is 55.6 Å². The number of anilines is 1. The number of nitrogens with zero attached hydrogens (tertiary/aromatic N) is 2. The minimum atomic E-state index is -0.181. The highest BCUT2D eigenvalue weighted by Crippen LogP contribution is 2.20. The van der Waals surface area contributed by atoms with Crippen molar-refractivity contribution >= 4 is 23.2 Å². The van der Waals surface area contributed by atoms with Crippen molar-refractivity contribution in [2.24, 2.45) is 0 Å². The molecule has 94 valence electrons. The number of amides is 1. The number of para-hydroxylation sites is 1. The van der Waals surface area contributed by atoms with Gasteiger partial charge in [0, 0.05) is 17.6 Å². The van der Waals surface area contributed by atoms with Gasteiger partial charge in [-0.1, -0.05) is 23.7 Å². The second-order valence-corrected chi connectivity index (χ2v) is 4.44. The third-order valence-electron chi connectivity index (χ3n) is 2.78. The molecular weight excluding hydrogens is 260 g/mol. The second-order valence-electron chi connectivity index (χ2n) is 4.00. The Labute approximate surface area is 116 Å². The van der Waals surface area contributed by atoms with Crippen LogP contribution in [-0.2, 0) is 0 Å². The molecule has 2 aromatic rings. The molecule has 2 aromatic carbocycles. The van der Waals surface area contributed by atoms with Gasteiger partial charge in [-0.05, 0) is 36.4 Å². The summed E-state index contributed by atoms with van der Waals surface area (Å²) in [6, 6.07) is 15.7. The van der Waals surface area contributed by atoms with Gasteiger partial charge in [-0.2, -0.15) is 5.26 Å². The normalized spacial score (nSPS) is 9.74. The molecule has 2 rings (SSSR count). The maximum atomic E-state index is 12.3. The van der Waals surface area contributed by atoms with Crippen molar-refractivity contribution in [3.8, 4) is 6.07 Å². The molecule has 1 amide bonds. The minimum Gasteiger partial charge on any atom is -0.310 e. The summed E-state index contributed by atoms with van der Waals surface area (Å²) >= 11 is 5.79. The van der Waals surface area contributed by atoms with Gasteiger partial charge in [0.05, 0.1) is 11.3 Å². The van der Waals surface area contributed by atoms with Crippen LogP contribution in [0.3, 0.4) is 0 Å². The zero-order chi connectivity index (χ0) is 13.8. The van der Waals surface area contributed by atoms with Crippen LogP contribution in [0.5, 0.6) is 0 Å². The van der Waals surface area contributed by atoms with Crippen LogP contribution in [0.1, 0.15) is 15.9 Å². The number of hydrogen-bond donors (Lipinski definition) is 0. The maximum Gasteiger partial charge on any atom is 0.258 e. The third kappa shape index (κ3) is 2.75. The van der Waals surface area contributed by atoms with Crippen molar-refractivity contribution in [3.63, 3.8) is 0 Å². The Balaban J connectivity index is 2.34. The number of carbonyl (C=O) groups excluding carboxylic acids is 1. The summed E-state index contributed by atoms with van der Waals surface area (Å²) in [5, 5.41) is 9.63. The first-order chi connectivity index (χ1) is 9.13. The quantitative estimate of drug-likeness (QED) is 0.838. The van der Waals surface area contributed by atoms with Crippen LogP contribution in [0.2, 0.25) is 5.02 Å². The number of nitriles is 1. The van der Waals surface area contributed by atoms with Crippen LogP contribution in [-0.4, -0.2) is 13.0 Å². The van der Waals surface area contributed by atoms with Crippen molar-refractivity contribution < 1.29 is 4.79 Å². The van der Waals surface area contributed by atoms with Gasteiger partial charge >= 0.3 is 0 Å². The molecule has 0 radical (unpaired) electrons. The standard InChI is InChI=1S/C15H11ClN2O/c1-18(14-5-3-2-4-12(14)10-17)15(19)11-6-8-13(16)9-7-11/h2-9H,1H3. The fourth-order valence-corrected chi connectivity index (χ4v) is 1.88. The zero-order valence-electron chi connectivity index (χ0n) is 10.3. The molecule has 19 heavy (non-hydrogen) atoms. The number of benzene rings is 2. The van der Waals surface area contributed by atoms with E-state index in [0.29, 0.717) is 21.8 Å². The van der Waals surface area contributed by atoms with Gasteiger partial charge in [0.1, 0.15) is 6.07 Å². The van der Waals surface area contributed by atoms with Crippen molar-refractivity contribution in [1.29, 1.82) is 5.26 Å². The molecule has 0 N–H and O–H groups in total. The Bertz CT molecular complexity index is 644. The summed E-state index contributed by atoms with van der Waals surface area (Å²) in [5.74, 6) is -0.181. The molecule has 3 nitrogen and oxygen atoms in total. The predicted octanol–water partition coefficient (Wildman–Crippen LogP) is 3.49. The summed E-state index contributed by atoms with van der Waals surface area (Å²) in [4.78, 5) is 13.8. The second kappa shape index (κ2) is 5.55. The van der Waals surface area contributed by atoms with Crippen LogP contribution in [0.4, 0.5) is 5.69 Å². The third-order valence-corrected chi connectivity index (χ3v) is 3.03. The van der Waals surface area contributed by atoms with Crippen molar-refractivity contribution in [2.75, 3.05) is 11.9 Å². The van der Waals surface area contributed by atoms with Gasteiger partial charge in [-0.3, -0.25) is 4.79 Å². The Morgan fingerprint density at radius 2 is 1.79 bits per heavy atom. The molecule has 0 aliphatic carbocycles. The molecule has 0 saturated heterocycles. The van der Waals surface area contributed by atoms with Crippen LogP contribution in [0.25, 0.3) is 0 Å². The fraction of sp³-hybridized carbons (Fsp3) is 0.0667. The molecule has 0 fully saturated rings. The monoisotopic (exact) mass is 270 g/mol. The van der Waals surface area contributed by atoms with Gasteiger partial charge in [-0.15, -0.1) is 0 Å². The van der Waals surface area contributed by atoms with E-state index in [1.807, 2.05) is 0 Å². The summed E-state index contributed by atoms with van der Waals surface area (Å²) in [6.45, 7) is 0. The smallest absolute Gasteiger partial charge is 0.258 e. The lowest BCUT2D eigenvalue weighted by Gasteiger charge is -2.18. The highest BCUT2D eigenvalue weighted by Gasteiger charge is 2.15. The fourth-order valence-electron chi connectivity index (χ4n) is 1.76. The largest absolute Gasteiger partial charge is 0.310 e. The minimum absolute atomic E-state index is 0.181. The molecule has 0 atom stereocenters. The van der Waals surface area contributed by atoms with E-state index >= 15 is 0 Å². The molecule has 0 aliphatic heterocycles. The molecule has 0 bridgehead atoms. The van der Waals surface area contributed by atoms with Gasteiger partial charge < -0.3 is 4.90 Å². The summed E-state index contributed by atoms with van der Waals surface area (Å²) < 4.78 is 0. The van der Waals surface area contributed by atoms with E-state index in [0.717, 1.165) is 0 Å². The van der Waals surface area contributed by atoms with E-state index in [4.69, 9.17) is 16.9 Å². The molecule has 4 heteroatoms. The molecule has 0 heterocycles. The average Bonchev–Trinajstić information content (AvgIpc) is 2.46. The first kappa shape index (κ1) is 13.1. The highest BCUT2D eigenvalue weighted by molar-refractivity contribution is 6.30. The Hall–Kier alpha value is -2.31. The van der Waals surface area contributed by atoms with Crippen LogP contribution < -0.4 is 4.90 Å². The SMILES string of the molecule is CN(C(=O)c1ccc(Cl)cc1)c1ccccc1C#N. The molecule has 0 aliphatic rings. The van der Waals surface area contributed by atoms with E-state index in [1.165, 1.54) is 4.90 Å². The van der Waals surface area contributed by atoms with E-state index < -0.39 is 0 Å². The van der Waals surface area contributed by atoms with Crippen molar-refractivity contribution in [3.05, 3.63) is 64.7 Å². The van der Waals surface area contributed by atoms with Gasteiger partial charge in [0.25, 0.3) is 5.91 Å². The lowest BCUT2D eigenvalue weighted by atomic mass is 10.1. The summed E-state index contributed by atoms with van der Waals surface area (Å²) in [7, 11) is 1.65. The lowest BCUT2D eigenvalue weighted by Crippen LogP contribution is -2.26. The molecule has 0 aromatic heterocycles. The number of rotatable bonds is 2. The highest BCUT2D eigenvalue weighted by atomic mass is 35.5. The number of carbonyl (C=O) groups is 1. The van der Waals surface area contributed by atoms with E-state index in [-0.39, 0.29) is 5.91 Å². The van der Waals surface area contributed by atoms with E-state index in [9.17, 15) is 4.79 Å². The summed E-state index contributed by atoms with van der Waals surface area (Å²) in [5.41, 5.74) is 1.58. The van der Waals surface area contributed by atoms with Gasteiger partial charge in [-0.25, -0.2) is 0 Å². The first-order valence-electron chi connectivity index (χ1n) is 5.66. The maximum absolute atomic E-state index is 12.3. The van der Waals surface area contributed by atoms with Crippen LogP contribution >= 0.6 is 11.6 Å². The number of hydrogen-bond acceptors (Lipinski definition) is 2. The predicted molar refractivity (Wildman–Crippen MR) is 75.3 cm³/mol. The average molecular weight is 271 g/mol. The van der Waals surface area contributed by atoms with Gasteiger partial charge in [0.15, 0.2) is 0 Å². The Morgan fingerprint density at radius 1 is 1.16 bits per heavy atom. The van der Waals surface area contributed by atoms with Crippen molar-refractivity contribution in [1.82, 2.24) is 0 Å². The topological polar surface area (TPSA) is 44.1 Å². The first-order valence-corrected chi connectivity index (χ1v) is 6.04. The lowest BCUT2D eigenvalue weighted by molar-refractivity contribution is 0.0993. The Kier molecular flexibility index (Phi) is 3.84.